The number of nitrogens with two attached hydrogens (primary N) is 1. The van der Waals surface area contributed by atoms with Gasteiger partial charge in [-0.25, -0.2) is 14.4 Å². The smallest absolute Gasteiger partial charge is 0.159 e. The number of para-hydroxylation sites is 1. The van der Waals surface area contributed by atoms with Crippen LogP contribution in [-0.4, -0.2) is 43.3 Å². The van der Waals surface area contributed by atoms with Crippen LogP contribution in [0, 0.1) is 5.82 Å². The normalized spacial score (nSPS) is 14.0. The van der Waals surface area contributed by atoms with Crippen molar-refractivity contribution in [3.63, 3.8) is 0 Å². The van der Waals surface area contributed by atoms with Gasteiger partial charge in [0.05, 0.1) is 12.8 Å². The number of halogens is 1. The Labute approximate surface area is 168 Å². The molecule has 0 amide bonds. The van der Waals surface area contributed by atoms with Gasteiger partial charge in [-0.3, -0.25) is 0 Å². The monoisotopic (exact) mass is 394 g/mol. The van der Waals surface area contributed by atoms with Gasteiger partial charge in [0, 0.05) is 31.9 Å². The van der Waals surface area contributed by atoms with Crippen molar-refractivity contribution in [2.75, 3.05) is 54.1 Å². The van der Waals surface area contributed by atoms with E-state index in [-0.39, 0.29) is 5.82 Å². The molecule has 0 bridgehead atoms. The maximum atomic E-state index is 14.1. The molecule has 1 aliphatic heterocycles. The van der Waals surface area contributed by atoms with E-state index in [2.05, 4.69) is 20.2 Å². The minimum Gasteiger partial charge on any atom is -0.497 e. The highest BCUT2D eigenvalue weighted by Crippen LogP contribution is 2.30. The lowest BCUT2D eigenvalue weighted by Crippen LogP contribution is -2.47. The van der Waals surface area contributed by atoms with Gasteiger partial charge >= 0.3 is 0 Å². The number of nitrogen functional groups attached to an aromatic ring is 1. The number of hydrogen-bond acceptors (Lipinski definition) is 7. The van der Waals surface area contributed by atoms with Crippen LogP contribution in [0.15, 0.2) is 54.9 Å². The molecule has 3 N–H and O–H groups in total. The summed E-state index contributed by atoms with van der Waals surface area (Å²) in [4.78, 5) is 12.8. The molecule has 3 aromatic rings. The molecule has 29 heavy (non-hydrogen) atoms. The molecular formula is C21H23FN6O. The lowest BCUT2D eigenvalue weighted by atomic mass is 10.2. The van der Waals surface area contributed by atoms with Crippen LogP contribution < -0.4 is 25.6 Å². The van der Waals surface area contributed by atoms with Crippen LogP contribution in [0.2, 0.25) is 0 Å². The number of aromatic nitrogens is 2. The molecule has 0 atom stereocenters. The van der Waals surface area contributed by atoms with E-state index >= 15 is 0 Å². The molecule has 1 fully saturated rings. The average Bonchev–Trinajstić information content (AvgIpc) is 2.76. The van der Waals surface area contributed by atoms with Gasteiger partial charge in [-0.1, -0.05) is 12.1 Å². The number of hydrogen-bond donors (Lipinski definition) is 2. The zero-order valence-corrected chi connectivity index (χ0v) is 16.2. The molecule has 0 aliphatic carbocycles. The highest BCUT2D eigenvalue weighted by atomic mass is 19.1. The Morgan fingerprint density at radius 2 is 1.66 bits per heavy atom. The van der Waals surface area contributed by atoms with Crippen molar-refractivity contribution in [2.45, 2.75) is 0 Å². The summed E-state index contributed by atoms with van der Waals surface area (Å²) in [5.41, 5.74) is 8.33. The van der Waals surface area contributed by atoms with Crippen molar-refractivity contribution in [2.24, 2.45) is 0 Å². The Bertz CT molecular complexity index is 973. The number of rotatable bonds is 5. The van der Waals surface area contributed by atoms with Crippen LogP contribution >= 0.6 is 0 Å². The first-order valence-corrected chi connectivity index (χ1v) is 9.41. The number of nitrogens with one attached hydrogen (secondary N) is 1. The second-order valence-corrected chi connectivity index (χ2v) is 6.74. The lowest BCUT2D eigenvalue weighted by Gasteiger charge is -2.37. The second-order valence-electron chi connectivity index (χ2n) is 6.74. The number of benzene rings is 2. The highest BCUT2D eigenvalue weighted by molar-refractivity contribution is 5.78. The predicted octanol–water partition coefficient (Wildman–Crippen LogP) is 3.28. The molecule has 8 heteroatoms. The molecule has 7 nitrogen and oxygen atoms in total. The number of piperazine rings is 1. The van der Waals surface area contributed by atoms with E-state index in [0.29, 0.717) is 49.2 Å². The van der Waals surface area contributed by atoms with E-state index in [1.54, 1.807) is 19.2 Å². The minimum atomic E-state index is -0.200. The standard InChI is InChI=1S/C21H23FN6O/c1-29-16-8-6-15(7-9-16)26-20-19(23)21(25-14-24-20)28-12-10-27(11-13-28)18-5-3-2-4-17(18)22/h2-9,14H,10-13,23H2,1H3,(H,24,25,26). The van der Waals surface area contributed by atoms with E-state index in [1.165, 1.54) is 12.4 Å². The fourth-order valence-corrected chi connectivity index (χ4v) is 3.42. The number of ether oxygens (including phenoxy) is 1. The topological polar surface area (TPSA) is 79.5 Å². The van der Waals surface area contributed by atoms with E-state index in [1.807, 2.05) is 35.2 Å². The second kappa shape index (κ2) is 8.22. The minimum absolute atomic E-state index is 0.200. The first-order valence-electron chi connectivity index (χ1n) is 9.41. The third kappa shape index (κ3) is 4.01. The molecule has 4 rings (SSSR count). The zero-order chi connectivity index (χ0) is 20.2. The molecule has 0 unspecified atom stereocenters. The maximum absolute atomic E-state index is 14.1. The number of nitrogens with zero attached hydrogens (tertiary/aromatic N) is 4. The van der Waals surface area contributed by atoms with E-state index in [4.69, 9.17) is 10.5 Å². The summed E-state index contributed by atoms with van der Waals surface area (Å²) in [6, 6.07) is 14.4. The zero-order valence-electron chi connectivity index (χ0n) is 16.2. The van der Waals surface area contributed by atoms with Gasteiger partial charge < -0.3 is 25.6 Å². The average molecular weight is 394 g/mol. The van der Waals surface area contributed by atoms with Crippen LogP contribution in [-0.2, 0) is 0 Å². The molecule has 1 aliphatic rings. The van der Waals surface area contributed by atoms with Crippen molar-refractivity contribution in [3.05, 3.63) is 60.7 Å². The van der Waals surface area contributed by atoms with Gasteiger partial charge in [0.15, 0.2) is 11.6 Å². The molecule has 0 saturated carbocycles. The van der Waals surface area contributed by atoms with Crippen LogP contribution in [0.1, 0.15) is 0 Å². The van der Waals surface area contributed by atoms with Gasteiger partial charge in [-0.15, -0.1) is 0 Å². The molecule has 2 heterocycles. The highest BCUT2D eigenvalue weighted by Gasteiger charge is 2.22. The quantitative estimate of drug-likeness (QED) is 0.687. The van der Waals surface area contributed by atoms with E-state index in [9.17, 15) is 4.39 Å². The van der Waals surface area contributed by atoms with E-state index in [0.717, 1.165) is 11.4 Å². The fourth-order valence-electron chi connectivity index (χ4n) is 3.42. The van der Waals surface area contributed by atoms with Crippen molar-refractivity contribution in [1.82, 2.24) is 9.97 Å². The summed E-state index contributed by atoms with van der Waals surface area (Å²) in [5, 5.41) is 3.23. The SMILES string of the molecule is COc1ccc(Nc2ncnc(N3CCN(c4ccccc4F)CC3)c2N)cc1. The number of methoxy groups -OCH3 is 1. The Balaban J connectivity index is 1.47. The summed E-state index contributed by atoms with van der Waals surface area (Å²) >= 11 is 0. The Morgan fingerprint density at radius 3 is 2.34 bits per heavy atom. The fraction of sp³-hybridized carbons (Fsp3) is 0.238. The molecule has 0 spiro atoms. The van der Waals surface area contributed by atoms with Crippen LogP contribution in [0.5, 0.6) is 5.75 Å². The first kappa shape index (κ1) is 18.8. The molecule has 1 saturated heterocycles. The van der Waals surface area contributed by atoms with Crippen molar-refractivity contribution >= 4 is 28.7 Å². The van der Waals surface area contributed by atoms with Crippen molar-refractivity contribution in [1.29, 1.82) is 0 Å². The van der Waals surface area contributed by atoms with Crippen LogP contribution in [0.25, 0.3) is 0 Å². The summed E-state index contributed by atoms with van der Waals surface area (Å²) in [6.07, 6.45) is 1.50. The van der Waals surface area contributed by atoms with Gasteiger partial charge in [0.1, 0.15) is 23.6 Å². The molecule has 1 aromatic heterocycles. The number of anilines is 5. The summed E-state index contributed by atoms with van der Waals surface area (Å²) in [6.45, 7) is 2.76. The largest absolute Gasteiger partial charge is 0.497 e. The van der Waals surface area contributed by atoms with Crippen LogP contribution in [0.3, 0.4) is 0 Å². The summed E-state index contributed by atoms with van der Waals surface area (Å²) in [7, 11) is 1.63. The molecular weight excluding hydrogens is 371 g/mol. The van der Waals surface area contributed by atoms with E-state index < -0.39 is 0 Å². The van der Waals surface area contributed by atoms with Crippen molar-refractivity contribution in [3.8, 4) is 5.75 Å². The van der Waals surface area contributed by atoms with Gasteiger partial charge in [-0.05, 0) is 36.4 Å². The summed E-state index contributed by atoms with van der Waals surface area (Å²) in [5.74, 6) is 1.81. The Hall–Kier alpha value is -3.55. The first-order chi connectivity index (χ1) is 14.2. The van der Waals surface area contributed by atoms with Crippen molar-refractivity contribution < 1.29 is 9.13 Å². The lowest BCUT2D eigenvalue weighted by molar-refractivity contribution is 0.415. The van der Waals surface area contributed by atoms with Gasteiger partial charge in [-0.2, -0.15) is 0 Å². The van der Waals surface area contributed by atoms with Crippen LogP contribution in [0.4, 0.5) is 33.1 Å². The Morgan fingerprint density at radius 1 is 0.966 bits per heavy atom. The summed E-state index contributed by atoms with van der Waals surface area (Å²) < 4.78 is 19.2. The Kier molecular flexibility index (Phi) is 5.33. The predicted molar refractivity (Wildman–Crippen MR) is 114 cm³/mol. The van der Waals surface area contributed by atoms with Gasteiger partial charge in [0.25, 0.3) is 0 Å². The molecule has 2 aromatic carbocycles. The van der Waals surface area contributed by atoms with Gasteiger partial charge in [0.2, 0.25) is 0 Å². The molecule has 150 valence electrons. The molecule has 0 radical (unpaired) electrons. The third-order valence-electron chi connectivity index (χ3n) is 4.99. The third-order valence-corrected chi connectivity index (χ3v) is 4.99. The maximum Gasteiger partial charge on any atom is 0.159 e.